The van der Waals surface area contributed by atoms with Crippen LogP contribution in [0, 0.1) is 0 Å². The number of fused-ring (bicyclic) bond motifs is 1. The van der Waals surface area contributed by atoms with Gasteiger partial charge in [-0.3, -0.25) is 9.36 Å². The Labute approximate surface area is 126 Å². The smallest absolute Gasteiger partial charge is 0.256 e. The van der Waals surface area contributed by atoms with Crippen LogP contribution in [0.2, 0.25) is 0 Å². The van der Waals surface area contributed by atoms with Gasteiger partial charge in [0.05, 0.1) is 4.75 Å². The van der Waals surface area contributed by atoms with Crippen LogP contribution >= 0.6 is 12.0 Å². The number of nitrogen functional groups attached to an aromatic ring is 1. The van der Waals surface area contributed by atoms with Gasteiger partial charge in [-0.25, -0.2) is 4.98 Å². The van der Waals surface area contributed by atoms with E-state index in [4.69, 9.17) is 5.73 Å². The summed E-state index contributed by atoms with van der Waals surface area (Å²) < 4.78 is 10.8. The van der Waals surface area contributed by atoms with E-state index in [1.165, 1.54) is 4.57 Å². The number of nitrogens with two attached hydrogens (primary N) is 1. The third kappa shape index (κ3) is 2.30. The summed E-state index contributed by atoms with van der Waals surface area (Å²) in [7, 11) is 1.68. The molecule has 0 spiro atoms. The van der Waals surface area contributed by atoms with Gasteiger partial charge in [-0.2, -0.15) is 4.98 Å². The van der Waals surface area contributed by atoms with E-state index >= 15 is 0 Å². The summed E-state index contributed by atoms with van der Waals surface area (Å²) >= 11 is 0.802. The fourth-order valence-electron chi connectivity index (χ4n) is 3.12. The molecule has 0 aliphatic heterocycles. The number of rotatable bonds is 2. The number of aryl methyl sites for hydroxylation is 1. The Morgan fingerprint density at radius 3 is 2.76 bits per heavy atom. The average molecular weight is 306 g/mol. The van der Waals surface area contributed by atoms with Crippen LogP contribution in [0.25, 0.3) is 11.0 Å². The van der Waals surface area contributed by atoms with Crippen molar-refractivity contribution in [2.45, 2.75) is 36.9 Å². The molecule has 6 nitrogen and oxygen atoms in total. The number of aromatic nitrogens is 3. The highest BCUT2D eigenvalue weighted by Crippen LogP contribution is 2.45. The van der Waals surface area contributed by atoms with Gasteiger partial charge in [0.2, 0.25) is 5.95 Å². The molecule has 1 fully saturated rings. The molecule has 21 heavy (non-hydrogen) atoms. The van der Waals surface area contributed by atoms with Crippen molar-refractivity contribution in [2.75, 3.05) is 5.73 Å². The van der Waals surface area contributed by atoms with Crippen LogP contribution in [0.4, 0.5) is 5.95 Å². The van der Waals surface area contributed by atoms with Crippen LogP contribution in [0.5, 0.6) is 0 Å². The molecule has 2 aromatic heterocycles. The van der Waals surface area contributed by atoms with Crippen LogP contribution < -0.4 is 11.3 Å². The number of pyridine rings is 1. The molecule has 0 amide bonds. The van der Waals surface area contributed by atoms with Crippen molar-refractivity contribution < 1.29 is 4.55 Å². The van der Waals surface area contributed by atoms with Crippen LogP contribution in [0.3, 0.4) is 0 Å². The Kier molecular flexibility index (Phi) is 3.62. The van der Waals surface area contributed by atoms with Crippen molar-refractivity contribution in [1.29, 1.82) is 0 Å². The van der Waals surface area contributed by atoms with Crippen molar-refractivity contribution in [3.63, 3.8) is 0 Å². The van der Waals surface area contributed by atoms with E-state index in [2.05, 4.69) is 9.97 Å². The predicted octanol–water partition coefficient (Wildman–Crippen LogP) is 2.28. The number of nitrogens with zero attached hydrogens (tertiary/aromatic N) is 3. The van der Waals surface area contributed by atoms with Gasteiger partial charge in [0.25, 0.3) is 5.56 Å². The van der Waals surface area contributed by atoms with Gasteiger partial charge < -0.3 is 10.3 Å². The van der Waals surface area contributed by atoms with Crippen LogP contribution in [-0.4, -0.2) is 19.1 Å². The van der Waals surface area contributed by atoms with E-state index in [0.717, 1.165) is 49.5 Å². The first-order valence-electron chi connectivity index (χ1n) is 7.03. The normalized spacial score (nSPS) is 18.0. The fourth-order valence-corrected chi connectivity index (χ4v) is 3.83. The first kappa shape index (κ1) is 14.3. The first-order valence-corrected chi connectivity index (χ1v) is 7.80. The molecule has 1 aliphatic rings. The highest BCUT2D eigenvalue weighted by Gasteiger charge is 2.37. The average Bonchev–Trinajstić information content (AvgIpc) is 2.52. The lowest BCUT2D eigenvalue weighted by Gasteiger charge is -2.34. The molecule has 0 atom stereocenters. The van der Waals surface area contributed by atoms with Crippen molar-refractivity contribution in [3.05, 3.63) is 28.2 Å². The van der Waals surface area contributed by atoms with E-state index in [0.29, 0.717) is 11.2 Å². The quantitative estimate of drug-likeness (QED) is 0.827. The summed E-state index contributed by atoms with van der Waals surface area (Å²) in [5.74, 6) is 0.147. The standard InChI is InChI=1S/C14H18N4O2S/c1-18-11-9(8-16-13(15)17-11)7-10(12(18)19)14(21-20)5-3-2-4-6-14/h7-8,20H,2-6H2,1H3,(H2,15,16,17). The minimum atomic E-state index is -0.511. The van der Waals surface area contributed by atoms with E-state index in [9.17, 15) is 9.35 Å². The van der Waals surface area contributed by atoms with E-state index in [1.807, 2.05) is 6.07 Å². The summed E-state index contributed by atoms with van der Waals surface area (Å²) in [6.07, 6.45) is 6.44. The largest absolute Gasteiger partial charge is 0.368 e. The molecule has 2 heterocycles. The third-order valence-electron chi connectivity index (χ3n) is 4.29. The zero-order valence-corrected chi connectivity index (χ0v) is 12.7. The second kappa shape index (κ2) is 5.31. The molecule has 1 saturated carbocycles. The Morgan fingerprint density at radius 1 is 1.38 bits per heavy atom. The molecular formula is C14H18N4O2S. The molecule has 0 bridgehead atoms. The van der Waals surface area contributed by atoms with E-state index in [-0.39, 0.29) is 11.5 Å². The van der Waals surface area contributed by atoms with E-state index < -0.39 is 4.75 Å². The molecule has 7 heteroatoms. The minimum Gasteiger partial charge on any atom is -0.368 e. The number of hydrogen-bond acceptors (Lipinski definition) is 6. The molecule has 0 aromatic carbocycles. The van der Waals surface area contributed by atoms with Crippen molar-refractivity contribution in [2.24, 2.45) is 7.05 Å². The lowest BCUT2D eigenvalue weighted by molar-refractivity contribution is 0.390. The SMILES string of the molecule is Cn1c(=O)c(C2(SO)CCCCC2)cc2cnc(N)nc21. The Balaban J connectivity index is 2.25. The Hall–Kier alpha value is -1.60. The maximum atomic E-state index is 12.7. The Bertz CT molecular complexity index is 738. The lowest BCUT2D eigenvalue weighted by atomic mass is 9.83. The first-order chi connectivity index (χ1) is 10.1. The van der Waals surface area contributed by atoms with Gasteiger partial charge in [0.15, 0.2) is 0 Å². The Morgan fingerprint density at radius 2 is 2.10 bits per heavy atom. The molecule has 0 saturated heterocycles. The molecule has 3 N–H and O–H groups in total. The summed E-state index contributed by atoms with van der Waals surface area (Å²) in [6.45, 7) is 0. The summed E-state index contributed by atoms with van der Waals surface area (Å²) in [5, 5.41) is 0.764. The highest BCUT2D eigenvalue weighted by molar-refractivity contribution is 7.94. The summed E-state index contributed by atoms with van der Waals surface area (Å²) in [6, 6.07) is 1.81. The van der Waals surface area contributed by atoms with Gasteiger partial charge in [-0.1, -0.05) is 19.3 Å². The topological polar surface area (TPSA) is 94.0 Å². The van der Waals surface area contributed by atoms with Gasteiger partial charge in [-0.15, -0.1) is 0 Å². The summed E-state index contributed by atoms with van der Waals surface area (Å²) in [4.78, 5) is 20.8. The maximum absolute atomic E-state index is 12.7. The summed E-state index contributed by atoms with van der Waals surface area (Å²) in [5.41, 5.74) is 6.63. The maximum Gasteiger partial charge on any atom is 0.256 e. The van der Waals surface area contributed by atoms with Gasteiger partial charge in [-0.05, 0) is 31.0 Å². The monoisotopic (exact) mass is 306 g/mol. The fraction of sp³-hybridized carbons (Fsp3) is 0.500. The van der Waals surface area contributed by atoms with Gasteiger partial charge in [0, 0.05) is 24.2 Å². The lowest BCUT2D eigenvalue weighted by Crippen LogP contribution is -2.35. The van der Waals surface area contributed by atoms with Gasteiger partial charge in [0.1, 0.15) is 5.65 Å². The highest BCUT2D eigenvalue weighted by atomic mass is 32.2. The van der Waals surface area contributed by atoms with E-state index in [1.54, 1.807) is 13.2 Å². The molecule has 0 radical (unpaired) electrons. The zero-order valence-electron chi connectivity index (χ0n) is 11.9. The minimum absolute atomic E-state index is 0.121. The molecule has 2 aromatic rings. The molecule has 1 aliphatic carbocycles. The van der Waals surface area contributed by atoms with Crippen LogP contribution in [0.1, 0.15) is 37.7 Å². The number of hydrogen-bond donors (Lipinski definition) is 2. The second-order valence-corrected chi connectivity index (χ2v) is 6.54. The van der Waals surface area contributed by atoms with Crippen molar-refractivity contribution >= 4 is 29.0 Å². The third-order valence-corrected chi connectivity index (χ3v) is 5.27. The van der Waals surface area contributed by atoms with Gasteiger partial charge >= 0.3 is 0 Å². The predicted molar refractivity (Wildman–Crippen MR) is 84.2 cm³/mol. The zero-order chi connectivity index (χ0) is 15.0. The molecular weight excluding hydrogens is 288 g/mol. The molecule has 0 unspecified atom stereocenters. The van der Waals surface area contributed by atoms with Crippen LogP contribution in [-0.2, 0) is 11.8 Å². The second-order valence-electron chi connectivity index (χ2n) is 5.58. The van der Waals surface area contributed by atoms with Crippen molar-refractivity contribution in [1.82, 2.24) is 14.5 Å². The number of anilines is 1. The van der Waals surface area contributed by atoms with Crippen molar-refractivity contribution in [3.8, 4) is 0 Å². The molecule has 3 rings (SSSR count). The van der Waals surface area contributed by atoms with Crippen LogP contribution in [0.15, 0.2) is 17.1 Å². The molecule has 112 valence electrons.